The topological polar surface area (TPSA) is 23.5 Å². The zero-order chi connectivity index (χ0) is 14.0. The number of benzene rings is 1. The standard InChI is InChI=1S/C15H21F2NO/c1-10(14-8-13(16)5-6-15(14)17)18-7-3-4-12(9-18)11(2)19/h5-6,8,10-12,19H,3-4,7,9H2,1-2H3. The van der Waals surface area contributed by atoms with Gasteiger partial charge in [-0.05, 0) is 57.4 Å². The van der Waals surface area contributed by atoms with E-state index >= 15 is 0 Å². The fraction of sp³-hybridized carbons (Fsp3) is 0.600. The van der Waals surface area contributed by atoms with E-state index in [2.05, 4.69) is 4.90 Å². The average Bonchev–Trinajstić information content (AvgIpc) is 2.41. The lowest BCUT2D eigenvalue weighted by Gasteiger charge is -2.38. The van der Waals surface area contributed by atoms with Crippen molar-refractivity contribution in [3.05, 3.63) is 35.4 Å². The molecule has 1 aliphatic heterocycles. The van der Waals surface area contributed by atoms with Crippen LogP contribution in [-0.4, -0.2) is 29.2 Å². The summed E-state index contributed by atoms with van der Waals surface area (Å²) in [5.41, 5.74) is 0.395. The largest absolute Gasteiger partial charge is 0.393 e. The van der Waals surface area contributed by atoms with E-state index in [1.165, 1.54) is 12.1 Å². The molecule has 0 bridgehead atoms. The molecule has 0 aromatic heterocycles. The summed E-state index contributed by atoms with van der Waals surface area (Å²) < 4.78 is 27.0. The second-order valence-corrected chi connectivity index (χ2v) is 5.48. The highest BCUT2D eigenvalue weighted by molar-refractivity contribution is 5.22. The number of nitrogens with zero attached hydrogens (tertiary/aromatic N) is 1. The number of likely N-dealkylation sites (tertiary alicyclic amines) is 1. The molecule has 4 heteroatoms. The summed E-state index contributed by atoms with van der Waals surface area (Å²) in [6.07, 6.45) is 1.62. The average molecular weight is 269 g/mol. The zero-order valence-corrected chi connectivity index (χ0v) is 11.4. The third-order valence-electron chi connectivity index (χ3n) is 4.13. The van der Waals surface area contributed by atoms with Gasteiger partial charge in [0, 0.05) is 18.2 Å². The van der Waals surface area contributed by atoms with Gasteiger partial charge in [-0.2, -0.15) is 0 Å². The molecule has 1 N–H and O–H groups in total. The molecule has 0 saturated carbocycles. The van der Waals surface area contributed by atoms with Gasteiger partial charge in [-0.1, -0.05) is 0 Å². The van der Waals surface area contributed by atoms with Gasteiger partial charge in [0.15, 0.2) is 0 Å². The van der Waals surface area contributed by atoms with Crippen molar-refractivity contribution in [2.45, 2.75) is 38.8 Å². The second kappa shape index (κ2) is 5.97. The SMILES string of the molecule is CC(O)C1CCCN(C(C)c2cc(F)ccc2F)C1. The van der Waals surface area contributed by atoms with Crippen LogP contribution in [0.5, 0.6) is 0 Å². The minimum Gasteiger partial charge on any atom is -0.393 e. The Morgan fingerprint density at radius 1 is 1.32 bits per heavy atom. The van der Waals surface area contributed by atoms with Gasteiger partial charge in [-0.25, -0.2) is 8.78 Å². The molecule has 1 fully saturated rings. The number of aliphatic hydroxyl groups excluding tert-OH is 1. The van der Waals surface area contributed by atoms with Gasteiger partial charge in [0.25, 0.3) is 0 Å². The molecule has 1 aliphatic rings. The fourth-order valence-corrected chi connectivity index (χ4v) is 2.82. The smallest absolute Gasteiger partial charge is 0.128 e. The van der Waals surface area contributed by atoms with E-state index in [4.69, 9.17) is 0 Å². The van der Waals surface area contributed by atoms with Crippen LogP contribution in [-0.2, 0) is 0 Å². The van der Waals surface area contributed by atoms with Crippen molar-refractivity contribution in [3.8, 4) is 0 Å². The summed E-state index contributed by atoms with van der Waals surface area (Å²) in [5, 5.41) is 9.69. The Morgan fingerprint density at radius 2 is 2.05 bits per heavy atom. The summed E-state index contributed by atoms with van der Waals surface area (Å²) in [4.78, 5) is 2.12. The third-order valence-corrected chi connectivity index (χ3v) is 4.13. The Labute approximate surface area is 113 Å². The highest BCUT2D eigenvalue weighted by Crippen LogP contribution is 2.29. The normalized spacial score (nSPS) is 24.2. The number of hydrogen-bond donors (Lipinski definition) is 1. The predicted octanol–water partition coefficient (Wildman–Crippen LogP) is 3.12. The Balaban J connectivity index is 2.14. The van der Waals surface area contributed by atoms with Crippen LogP contribution < -0.4 is 0 Å². The quantitative estimate of drug-likeness (QED) is 0.911. The van der Waals surface area contributed by atoms with Crippen molar-refractivity contribution >= 4 is 0 Å². The van der Waals surface area contributed by atoms with Crippen LogP contribution in [0.2, 0.25) is 0 Å². The molecule has 2 rings (SSSR count). The van der Waals surface area contributed by atoms with Gasteiger partial charge in [0.05, 0.1) is 6.10 Å². The lowest BCUT2D eigenvalue weighted by atomic mass is 9.91. The maximum atomic E-state index is 13.8. The van der Waals surface area contributed by atoms with Crippen molar-refractivity contribution in [1.29, 1.82) is 0 Å². The zero-order valence-electron chi connectivity index (χ0n) is 11.4. The van der Waals surface area contributed by atoms with Crippen molar-refractivity contribution in [2.75, 3.05) is 13.1 Å². The maximum absolute atomic E-state index is 13.8. The van der Waals surface area contributed by atoms with Gasteiger partial charge in [-0.3, -0.25) is 4.90 Å². The van der Waals surface area contributed by atoms with Crippen LogP contribution >= 0.6 is 0 Å². The molecule has 0 radical (unpaired) electrons. The molecule has 0 spiro atoms. The van der Waals surface area contributed by atoms with Crippen molar-refractivity contribution in [3.63, 3.8) is 0 Å². The molecule has 3 unspecified atom stereocenters. The molecule has 0 amide bonds. The minimum absolute atomic E-state index is 0.169. The lowest BCUT2D eigenvalue weighted by Crippen LogP contribution is -2.41. The van der Waals surface area contributed by atoms with E-state index in [0.29, 0.717) is 5.56 Å². The monoisotopic (exact) mass is 269 g/mol. The fourth-order valence-electron chi connectivity index (χ4n) is 2.82. The Morgan fingerprint density at radius 3 is 2.74 bits per heavy atom. The van der Waals surface area contributed by atoms with Gasteiger partial charge in [0.2, 0.25) is 0 Å². The van der Waals surface area contributed by atoms with E-state index < -0.39 is 5.82 Å². The van der Waals surface area contributed by atoms with Crippen LogP contribution in [0.4, 0.5) is 8.78 Å². The van der Waals surface area contributed by atoms with Gasteiger partial charge in [0.1, 0.15) is 11.6 Å². The molecule has 19 heavy (non-hydrogen) atoms. The first kappa shape index (κ1) is 14.4. The van der Waals surface area contributed by atoms with Crippen molar-refractivity contribution in [2.24, 2.45) is 5.92 Å². The summed E-state index contributed by atoms with van der Waals surface area (Å²) in [6.45, 7) is 5.28. The molecule has 106 valence electrons. The molecule has 2 nitrogen and oxygen atoms in total. The predicted molar refractivity (Wildman–Crippen MR) is 70.8 cm³/mol. The molecular formula is C15H21F2NO. The number of halogens is 2. The Hall–Kier alpha value is -1.00. The summed E-state index contributed by atoms with van der Waals surface area (Å²) >= 11 is 0. The number of rotatable bonds is 3. The highest BCUT2D eigenvalue weighted by Gasteiger charge is 2.28. The van der Waals surface area contributed by atoms with Crippen molar-refractivity contribution < 1.29 is 13.9 Å². The first-order valence-electron chi connectivity index (χ1n) is 6.86. The van der Waals surface area contributed by atoms with E-state index in [1.807, 2.05) is 6.92 Å². The van der Waals surface area contributed by atoms with Crippen molar-refractivity contribution in [1.82, 2.24) is 4.90 Å². The first-order valence-corrected chi connectivity index (χ1v) is 6.86. The molecule has 1 saturated heterocycles. The Bertz CT molecular complexity index is 436. The van der Waals surface area contributed by atoms with Gasteiger partial charge >= 0.3 is 0 Å². The van der Waals surface area contributed by atoms with E-state index in [-0.39, 0.29) is 23.9 Å². The van der Waals surface area contributed by atoms with E-state index in [0.717, 1.165) is 32.0 Å². The summed E-state index contributed by atoms with van der Waals surface area (Å²) in [5.74, 6) is -0.562. The molecular weight excluding hydrogens is 248 g/mol. The van der Waals surface area contributed by atoms with Gasteiger partial charge in [-0.15, -0.1) is 0 Å². The van der Waals surface area contributed by atoms with E-state index in [9.17, 15) is 13.9 Å². The van der Waals surface area contributed by atoms with Crippen LogP contribution in [0, 0.1) is 17.6 Å². The molecule has 0 aliphatic carbocycles. The maximum Gasteiger partial charge on any atom is 0.128 e. The van der Waals surface area contributed by atoms with Gasteiger partial charge < -0.3 is 5.11 Å². The highest BCUT2D eigenvalue weighted by atomic mass is 19.1. The van der Waals surface area contributed by atoms with Crippen LogP contribution in [0.15, 0.2) is 18.2 Å². The number of aliphatic hydroxyl groups is 1. The molecule has 3 atom stereocenters. The van der Waals surface area contributed by atoms with Crippen LogP contribution in [0.3, 0.4) is 0 Å². The number of piperidine rings is 1. The third kappa shape index (κ3) is 3.31. The van der Waals surface area contributed by atoms with Crippen LogP contribution in [0.25, 0.3) is 0 Å². The van der Waals surface area contributed by atoms with E-state index in [1.54, 1.807) is 6.92 Å². The molecule has 1 aromatic rings. The molecule has 1 aromatic carbocycles. The summed E-state index contributed by atoms with van der Waals surface area (Å²) in [7, 11) is 0. The first-order chi connectivity index (χ1) is 8.99. The second-order valence-electron chi connectivity index (χ2n) is 5.48. The lowest BCUT2D eigenvalue weighted by molar-refractivity contribution is 0.0464. The minimum atomic E-state index is -0.410. The number of hydrogen-bond acceptors (Lipinski definition) is 2. The molecule has 1 heterocycles. The Kier molecular flexibility index (Phi) is 4.53. The summed E-state index contributed by atoms with van der Waals surface area (Å²) in [6, 6.07) is 3.42. The van der Waals surface area contributed by atoms with Crippen LogP contribution in [0.1, 0.15) is 38.3 Å².